The van der Waals surface area contributed by atoms with Crippen LogP contribution in [0.5, 0.6) is 0 Å². The number of anilines is 4. The van der Waals surface area contributed by atoms with E-state index < -0.39 is 5.92 Å². The van der Waals surface area contributed by atoms with Crippen LogP contribution in [0.15, 0.2) is 24.3 Å². The first-order valence-electron chi connectivity index (χ1n) is 6.73. The molecule has 2 heterocycles. The number of amides is 2. The van der Waals surface area contributed by atoms with Gasteiger partial charge in [-0.2, -0.15) is 9.97 Å². The third-order valence-corrected chi connectivity index (χ3v) is 3.67. The highest BCUT2D eigenvalue weighted by atomic mass is 35.5. The standard InChI is InChI=1S/C14H13ClN6O2/c15-6-1-3-7(4-2-6)18-13(23)8-5-9(22)19-12-10(8)11(16)20-14(17)21-12/h1-4,8H,5H2,(H,18,23)(H5,16,17,19,20,21,22)/t8-/m1/s1. The lowest BCUT2D eigenvalue weighted by molar-refractivity contribution is -0.123. The maximum absolute atomic E-state index is 12.5. The fourth-order valence-electron chi connectivity index (χ4n) is 2.40. The van der Waals surface area contributed by atoms with Crippen molar-refractivity contribution in [3.63, 3.8) is 0 Å². The number of rotatable bonds is 2. The molecule has 0 spiro atoms. The smallest absolute Gasteiger partial charge is 0.232 e. The van der Waals surface area contributed by atoms with E-state index in [0.717, 1.165) is 0 Å². The van der Waals surface area contributed by atoms with Gasteiger partial charge in [-0.1, -0.05) is 11.6 Å². The highest BCUT2D eigenvalue weighted by Gasteiger charge is 2.34. The second kappa shape index (κ2) is 5.73. The minimum Gasteiger partial charge on any atom is -0.383 e. The highest BCUT2D eigenvalue weighted by molar-refractivity contribution is 6.30. The van der Waals surface area contributed by atoms with Gasteiger partial charge in [-0.05, 0) is 24.3 Å². The Bertz CT molecular complexity index is 793. The van der Waals surface area contributed by atoms with Gasteiger partial charge < -0.3 is 22.1 Å². The molecule has 8 nitrogen and oxygen atoms in total. The maximum Gasteiger partial charge on any atom is 0.232 e. The number of carbonyl (C=O) groups excluding carboxylic acids is 2. The Balaban J connectivity index is 1.92. The van der Waals surface area contributed by atoms with E-state index in [9.17, 15) is 9.59 Å². The first kappa shape index (κ1) is 15.0. The quantitative estimate of drug-likeness (QED) is 0.655. The summed E-state index contributed by atoms with van der Waals surface area (Å²) in [6, 6.07) is 6.62. The first-order chi connectivity index (χ1) is 10.9. The lowest BCUT2D eigenvalue weighted by Crippen LogP contribution is -2.32. The molecule has 1 aliphatic rings. The lowest BCUT2D eigenvalue weighted by Gasteiger charge is -2.25. The van der Waals surface area contributed by atoms with Gasteiger partial charge in [-0.15, -0.1) is 0 Å². The van der Waals surface area contributed by atoms with Gasteiger partial charge in [0.2, 0.25) is 17.8 Å². The second-order valence-electron chi connectivity index (χ2n) is 5.03. The van der Waals surface area contributed by atoms with Gasteiger partial charge in [0, 0.05) is 17.1 Å². The van der Waals surface area contributed by atoms with E-state index >= 15 is 0 Å². The van der Waals surface area contributed by atoms with Gasteiger partial charge in [0.25, 0.3) is 0 Å². The molecule has 1 aliphatic heterocycles. The van der Waals surface area contributed by atoms with Crippen molar-refractivity contribution in [2.24, 2.45) is 0 Å². The van der Waals surface area contributed by atoms with Crippen LogP contribution < -0.4 is 22.1 Å². The summed E-state index contributed by atoms with van der Waals surface area (Å²) in [4.78, 5) is 32.1. The fourth-order valence-corrected chi connectivity index (χ4v) is 2.53. The van der Waals surface area contributed by atoms with Gasteiger partial charge >= 0.3 is 0 Å². The predicted molar refractivity (Wildman–Crippen MR) is 86.9 cm³/mol. The summed E-state index contributed by atoms with van der Waals surface area (Å²) in [5.74, 6) is -1.35. The molecule has 0 saturated heterocycles. The highest BCUT2D eigenvalue weighted by Crippen LogP contribution is 2.35. The Kier molecular flexibility index (Phi) is 3.75. The molecule has 0 fully saturated rings. The van der Waals surface area contributed by atoms with E-state index in [1.54, 1.807) is 24.3 Å². The maximum atomic E-state index is 12.5. The molecule has 23 heavy (non-hydrogen) atoms. The Morgan fingerprint density at radius 1 is 1.26 bits per heavy atom. The molecule has 2 aromatic rings. The van der Waals surface area contributed by atoms with Gasteiger partial charge in [0.05, 0.1) is 11.5 Å². The van der Waals surface area contributed by atoms with Crippen LogP contribution in [0.2, 0.25) is 5.02 Å². The zero-order chi connectivity index (χ0) is 16.6. The van der Waals surface area contributed by atoms with Crippen molar-refractivity contribution in [1.29, 1.82) is 0 Å². The van der Waals surface area contributed by atoms with Crippen molar-refractivity contribution < 1.29 is 9.59 Å². The molecule has 0 bridgehead atoms. The number of nitrogens with one attached hydrogen (secondary N) is 2. The van der Waals surface area contributed by atoms with E-state index in [2.05, 4.69) is 20.6 Å². The van der Waals surface area contributed by atoms with Crippen molar-refractivity contribution in [2.75, 3.05) is 22.1 Å². The number of aromatic nitrogens is 2. The Morgan fingerprint density at radius 2 is 1.96 bits per heavy atom. The van der Waals surface area contributed by atoms with Crippen LogP contribution in [0, 0.1) is 0 Å². The third kappa shape index (κ3) is 3.02. The van der Waals surface area contributed by atoms with Crippen LogP contribution in [0.4, 0.5) is 23.3 Å². The molecule has 0 saturated carbocycles. The molecule has 9 heteroatoms. The predicted octanol–water partition coefficient (Wildman–Crippen LogP) is 1.36. The molecule has 1 aromatic heterocycles. The molecule has 1 aromatic carbocycles. The number of hydrogen-bond acceptors (Lipinski definition) is 6. The molecule has 0 radical (unpaired) electrons. The second-order valence-corrected chi connectivity index (χ2v) is 5.47. The summed E-state index contributed by atoms with van der Waals surface area (Å²) in [5.41, 5.74) is 12.3. The zero-order valence-electron chi connectivity index (χ0n) is 11.8. The lowest BCUT2D eigenvalue weighted by atomic mass is 9.92. The van der Waals surface area contributed by atoms with Crippen LogP contribution in [-0.4, -0.2) is 21.8 Å². The third-order valence-electron chi connectivity index (χ3n) is 3.42. The molecular weight excluding hydrogens is 320 g/mol. The van der Waals surface area contributed by atoms with E-state index in [1.807, 2.05) is 0 Å². The van der Waals surface area contributed by atoms with Gasteiger partial charge in [0.15, 0.2) is 0 Å². The van der Waals surface area contributed by atoms with Crippen LogP contribution >= 0.6 is 11.6 Å². The van der Waals surface area contributed by atoms with Crippen molar-refractivity contribution in [1.82, 2.24) is 9.97 Å². The van der Waals surface area contributed by atoms with E-state index in [1.165, 1.54) is 0 Å². The van der Waals surface area contributed by atoms with Crippen LogP contribution in [0.1, 0.15) is 17.9 Å². The summed E-state index contributed by atoms with van der Waals surface area (Å²) < 4.78 is 0. The minimum atomic E-state index is -0.796. The van der Waals surface area contributed by atoms with Crippen molar-refractivity contribution in [3.8, 4) is 0 Å². The van der Waals surface area contributed by atoms with E-state index in [-0.39, 0.29) is 35.8 Å². The first-order valence-corrected chi connectivity index (χ1v) is 7.11. The number of carbonyl (C=O) groups is 2. The van der Waals surface area contributed by atoms with Crippen molar-refractivity contribution in [3.05, 3.63) is 34.9 Å². The molecule has 0 aliphatic carbocycles. The van der Waals surface area contributed by atoms with Crippen LogP contribution in [0.25, 0.3) is 0 Å². The molecule has 118 valence electrons. The largest absolute Gasteiger partial charge is 0.383 e. The van der Waals surface area contributed by atoms with Crippen LogP contribution in [-0.2, 0) is 9.59 Å². The molecule has 6 N–H and O–H groups in total. The average molecular weight is 333 g/mol. The van der Waals surface area contributed by atoms with E-state index in [4.69, 9.17) is 23.1 Å². The van der Waals surface area contributed by atoms with Crippen LogP contribution in [0.3, 0.4) is 0 Å². The molecular formula is C14H13ClN6O2. The molecule has 1 atom stereocenters. The number of nitrogens with zero attached hydrogens (tertiary/aromatic N) is 2. The number of hydrogen-bond donors (Lipinski definition) is 4. The summed E-state index contributed by atoms with van der Waals surface area (Å²) in [5, 5.41) is 5.83. The normalized spacial score (nSPS) is 16.4. The number of nitrogen functional groups attached to an aromatic ring is 2. The Hall–Kier alpha value is -2.87. The van der Waals surface area contributed by atoms with Crippen molar-refractivity contribution >= 4 is 46.7 Å². The van der Waals surface area contributed by atoms with E-state index in [0.29, 0.717) is 16.3 Å². The number of nitrogens with two attached hydrogens (primary N) is 2. The Labute approximate surface area is 136 Å². The summed E-state index contributed by atoms with van der Waals surface area (Å²) in [7, 11) is 0. The number of fused-ring (bicyclic) bond motifs is 1. The molecule has 3 rings (SSSR count). The average Bonchev–Trinajstić information content (AvgIpc) is 2.48. The van der Waals surface area contributed by atoms with Gasteiger partial charge in [0.1, 0.15) is 11.6 Å². The summed E-state index contributed by atoms with van der Waals surface area (Å²) >= 11 is 5.81. The Morgan fingerprint density at radius 3 is 2.65 bits per heavy atom. The monoisotopic (exact) mass is 332 g/mol. The number of halogens is 1. The fraction of sp³-hybridized carbons (Fsp3) is 0.143. The topological polar surface area (TPSA) is 136 Å². The number of benzene rings is 1. The molecule has 2 amide bonds. The zero-order valence-corrected chi connectivity index (χ0v) is 12.6. The van der Waals surface area contributed by atoms with Gasteiger partial charge in [-0.3, -0.25) is 9.59 Å². The molecule has 0 unspecified atom stereocenters. The summed E-state index contributed by atoms with van der Waals surface area (Å²) in [6.07, 6.45) is -0.0517. The SMILES string of the molecule is Nc1nc(N)c2c(n1)NC(=O)C[C@H]2C(=O)Nc1ccc(Cl)cc1. The van der Waals surface area contributed by atoms with Crippen molar-refractivity contribution in [2.45, 2.75) is 12.3 Å². The minimum absolute atomic E-state index is 0.0517. The summed E-state index contributed by atoms with van der Waals surface area (Å²) in [6.45, 7) is 0. The van der Waals surface area contributed by atoms with Gasteiger partial charge in [-0.25, -0.2) is 0 Å².